The summed E-state index contributed by atoms with van der Waals surface area (Å²) in [6.07, 6.45) is 0. The highest BCUT2D eigenvalue weighted by atomic mass is 79.9. The number of halogens is 1. The van der Waals surface area contributed by atoms with Gasteiger partial charge < -0.3 is 5.73 Å². The fraction of sp³-hybridized carbons (Fsp3) is 0.125. The fourth-order valence-corrected chi connectivity index (χ4v) is 3.26. The highest BCUT2D eigenvalue weighted by Crippen LogP contribution is 2.34. The fourth-order valence-electron chi connectivity index (χ4n) is 0.939. The maximum Gasteiger partial charge on any atom is 0.138 e. The lowest BCUT2D eigenvalue weighted by molar-refractivity contribution is 1.40. The van der Waals surface area contributed by atoms with Crippen LogP contribution in [-0.4, -0.2) is 4.98 Å². The van der Waals surface area contributed by atoms with Crippen LogP contribution >= 0.6 is 38.6 Å². The number of rotatable bonds is 1. The number of thiophene rings is 1. The van der Waals surface area contributed by atoms with E-state index in [2.05, 4.69) is 27.0 Å². The number of hydrogen-bond donors (Lipinski definition) is 1. The number of thiazole rings is 1. The van der Waals surface area contributed by atoms with Gasteiger partial charge in [0.05, 0.1) is 4.88 Å². The van der Waals surface area contributed by atoms with Crippen LogP contribution in [-0.2, 0) is 0 Å². The Morgan fingerprint density at radius 3 is 2.77 bits per heavy atom. The van der Waals surface area contributed by atoms with E-state index >= 15 is 0 Å². The van der Waals surface area contributed by atoms with Crippen LogP contribution in [0.2, 0.25) is 0 Å². The number of hydrogen-bond acceptors (Lipinski definition) is 4. The number of nitrogens with two attached hydrogens (primary N) is 1. The van der Waals surface area contributed by atoms with Gasteiger partial charge in [0.15, 0.2) is 0 Å². The van der Waals surface area contributed by atoms with Crippen LogP contribution in [0.5, 0.6) is 0 Å². The standard InChI is InChI=1S/C8H7BrN2S2/c1-4-7(10)11-8(13-4)6-2-5(9)3-12-6/h2-3H,10H2,1H3. The van der Waals surface area contributed by atoms with Crippen LogP contribution < -0.4 is 5.73 Å². The lowest BCUT2D eigenvalue weighted by Gasteiger charge is -1.84. The Morgan fingerprint density at radius 1 is 1.54 bits per heavy atom. The Morgan fingerprint density at radius 2 is 2.31 bits per heavy atom. The first-order valence-corrected chi connectivity index (χ1v) is 6.13. The molecule has 13 heavy (non-hydrogen) atoms. The van der Waals surface area contributed by atoms with E-state index in [0.717, 1.165) is 19.2 Å². The van der Waals surface area contributed by atoms with Crippen molar-refractivity contribution in [2.45, 2.75) is 6.92 Å². The summed E-state index contributed by atoms with van der Waals surface area (Å²) in [4.78, 5) is 6.53. The molecule has 2 heterocycles. The minimum atomic E-state index is 0.643. The molecule has 0 aliphatic rings. The van der Waals surface area contributed by atoms with Crippen LogP contribution in [0, 0.1) is 6.92 Å². The summed E-state index contributed by atoms with van der Waals surface area (Å²) in [6, 6.07) is 2.06. The SMILES string of the molecule is Cc1sc(-c2cc(Br)cs2)nc1N. The molecule has 0 amide bonds. The normalized spacial score (nSPS) is 10.6. The molecule has 0 bridgehead atoms. The minimum absolute atomic E-state index is 0.643. The van der Waals surface area contributed by atoms with Gasteiger partial charge in [-0.25, -0.2) is 4.98 Å². The van der Waals surface area contributed by atoms with Crippen molar-refractivity contribution in [3.8, 4) is 9.88 Å². The molecule has 68 valence electrons. The Bertz CT molecular complexity index is 414. The number of anilines is 1. The molecule has 0 saturated carbocycles. The van der Waals surface area contributed by atoms with E-state index in [-0.39, 0.29) is 0 Å². The summed E-state index contributed by atoms with van der Waals surface area (Å²) in [5.41, 5.74) is 5.68. The molecule has 0 fully saturated rings. The van der Waals surface area contributed by atoms with Crippen molar-refractivity contribution in [2.75, 3.05) is 5.73 Å². The third-order valence-electron chi connectivity index (χ3n) is 1.61. The van der Waals surface area contributed by atoms with Crippen LogP contribution in [0.25, 0.3) is 9.88 Å². The molecule has 0 radical (unpaired) electrons. The smallest absolute Gasteiger partial charge is 0.138 e. The molecule has 2 N–H and O–H groups in total. The van der Waals surface area contributed by atoms with Crippen molar-refractivity contribution >= 4 is 44.4 Å². The predicted molar refractivity (Wildman–Crippen MR) is 62.3 cm³/mol. The molecule has 2 aromatic heterocycles. The molecule has 0 aromatic carbocycles. The molecule has 0 aliphatic heterocycles. The van der Waals surface area contributed by atoms with Gasteiger partial charge in [-0.2, -0.15) is 0 Å². The molecule has 0 atom stereocenters. The molecule has 2 aromatic rings. The average Bonchev–Trinajstić information content (AvgIpc) is 2.61. The average molecular weight is 275 g/mol. The molecule has 5 heteroatoms. The first kappa shape index (κ1) is 9.18. The predicted octanol–water partition coefficient (Wildman–Crippen LogP) is 3.52. The third-order valence-corrected chi connectivity index (χ3v) is 4.46. The molecule has 0 unspecified atom stereocenters. The van der Waals surface area contributed by atoms with Gasteiger partial charge in [-0.15, -0.1) is 22.7 Å². The van der Waals surface area contributed by atoms with Crippen LogP contribution in [0.15, 0.2) is 15.9 Å². The summed E-state index contributed by atoms with van der Waals surface area (Å²) in [5, 5.41) is 3.05. The van der Waals surface area contributed by atoms with Crippen molar-refractivity contribution in [1.82, 2.24) is 4.98 Å². The van der Waals surface area contributed by atoms with Gasteiger partial charge in [0.25, 0.3) is 0 Å². The lowest BCUT2D eigenvalue weighted by atomic mass is 10.5. The van der Waals surface area contributed by atoms with Gasteiger partial charge >= 0.3 is 0 Å². The van der Waals surface area contributed by atoms with E-state index in [0.29, 0.717) is 5.82 Å². The maximum atomic E-state index is 5.68. The zero-order valence-electron chi connectivity index (χ0n) is 6.87. The van der Waals surface area contributed by atoms with Gasteiger partial charge in [-0.05, 0) is 28.9 Å². The van der Waals surface area contributed by atoms with E-state index in [9.17, 15) is 0 Å². The molecule has 0 saturated heterocycles. The van der Waals surface area contributed by atoms with Gasteiger partial charge in [0.1, 0.15) is 10.8 Å². The van der Waals surface area contributed by atoms with Crippen molar-refractivity contribution in [1.29, 1.82) is 0 Å². The Labute approximate surface area is 92.6 Å². The van der Waals surface area contributed by atoms with E-state index < -0.39 is 0 Å². The van der Waals surface area contributed by atoms with Crippen molar-refractivity contribution < 1.29 is 0 Å². The number of aryl methyl sites for hydroxylation is 1. The number of aromatic nitrogens is 1. The zero-order valence-corrected chi connectivity index (χ0v) is 10.1. The Hall–Kier alpha value is -0.390. The minimum Gasteiger partial charge on any atom is -0.383 e. The van der Waals surface area contributed by atoms with Crippen molar-refractivity contribution in [3.05, 3.63) is 20.8 Å². The highest BCUT2D eigenvalue weighted by molar-refractivity contribution is 9.10. The summed E-state index contributed by atoms with van der Waals surface area (Å²) in [5.74, 6) is 0.643. The van der Waals surface area contributed by atoms with Gasteiger partial charge in [-0.3, -0.25) is 0 Å². The topological polar surface area (TPSA) is 38.9 Å². The second kappa shape index (κ2) is 3.40. The first-order valence-electron chi connectivity index (χ1n) is 3.64. The summed E-state index contributed by atoms with van der Waals surface area (Å²) in [6.45, 7) is 1.99. The number of nitrogen functional groups attached to an aromatic ring is 1. The summed E-state index contributed by atoms with van der Waals surface area (Å²) in [7, 11) is 0. The van der Waals surface area contributed by atoms with Crippen LogP contribution in [0.1, 0.15) is 4.88 Å². The maximum absolute atomic E-state index is 5.68. The van der Waals surface area contributed by atoms with Crippen molar-refractivity contribution in [3.63, 3.8) is 0 Å². The Kier molecular flexibility index (Phi) is 2.40. The Balaban J connectivity index is 2.46. The molecular formula is C8H7BrN2S2. The largest absolute Gasteiger partial charge is 0.383 e. The van der Waals surface area contributed by atoms with Crippen LogP contribution in [0.4, 0.5) is 5.82 Å². The van der Waals surface area contributed by atoms with Crippen LogP contribution in [0.3, 0.4) is 0 Å². The molecular weight excluding hydrogens is 268 g/mol. The summed E-state index contributed by atoms with van der Waals surface area (Å²) < 4.78 is 1.10. The molecule has 2 rings (SSSR count). The molecule has 0 aliphatic carbocycles. The quantitative estimate of drug-likeness (QED) is 0.864. The monoisotopic (exact) mass is 274 g/mol. The van der Waals surface area contributed by atoms with Gasteiger partial charge in [0, 0.05) is 14.7 Å². The van der Waals surface area contributed by atoms with Gasteiger partial charge in [-0.1, -0.05) is 0 Å². The second-order valence-corrected chi connectivity index (χ2v) is 5.62. The van der Waals surface area contributed by atoms with E-state index in [1.807, 2.05) is 12.3 Å². The zero-order chi connectivity index (χ0) is 9.42. The van der Waals surface area contributed by atoms with E-state index in [1.165, 1.54) is 0 Å². The van der Waals surface area contributed by atoms with Gasteiger partial charge in [0.2, 0.25) is 0 Å². The number of nitrogens with zero attached hydrogens (tertiary/aromatic N) is 1. The third kappa shape index (κ3) is 1.77. The van der Waals surface area contributed by atoms with E-state index in [1.54, 1.807) is 22.7 Å². The molecule has 0 spiro atoms. The highest BCUT2D eigenvalue weighted by Gasteiger charge is 2.08. The second-order valence-electron chi connectivity index (χ2n) is 2.59. The first-order chi connectivity index (χ1) is 6.16. The molecule has 2 nitrogen and oxygen atoms in total. The summed E-state index contributed by atoms with van der Waals surface area (Å²) >= 11 is 6.72. The van der Waals surface area contributed by atoms with Crippen molar-refractivity contribution in [2.24, 2.45) is 0 Å². The lowest BCUT2D eigenvalue weighted by Crippen LogP contribution is -1.85. The van der Waals surface area contributed by atoms with E-state index in [4.69, 9.17) is 5.73 Å².